The van der Waals surface area contributed by atoms with Crippen molar-refractivity contribution < 1.29 is 9.18 Å². The largest absolute Gasteiger partial charge is 0.321 e. The highest BCUT2D eigenvalue weighted by Gasteiger charge is 2.19. The first-order valence-corrected chi connectivity index (χ1v) is 7.61. The van der Waals surface area contributed by atoms with E-state index in [2.05, 4.69) is 10.3 Å². The molecule has 6 heteroatoms. The predicted octanol–water partition coefficient (Wildman–Crippen LogP) is 4.25. The summed E-state index contributed by atoms with van der Waals surface area (Å²) in [6.07, 6.45) is 1.83. The van der Waals surface area contributed by atoms with Gasteiger partial charge in [0.2, 0.25) is 0 Å². The second kappa shape index (κ2) is 6.01. The van der Waals surface area contributed by atoms with Crippen LogP contribution in [0.4, 0.5) is 10.1 Å². The second-order valence-electron chi connectivity index (χ2n) is 5.25. The van der Waals surface area contributed by atoms with E-state index in [1.807, 2.05) is 19.9 Å². The molecular weight excluding hydrogens is 317 g/mol. The molecule has 0 spiro atoms. The normalized spacial score (nSPS) is 11.0. The zero-order chi connectivity index (χ0) is 16.6. The number of nitrogens with zero attached hydrogens (tertiary/aromatic N) is 2. The minimum Gasteiger partial charge on any atom is -0.321 e. The van der Waals surface area contributed by atoms with Gasteiger partial charge in [-0.05, 0) is 43.2 Å². The Morgan fingerprint density at radius 3 is 2.83 bits per heavy atom. The summed E-state index contributed by atoms with van der Waals surface area (Å²) in [7, 11) is 0. The molecule has 1 amide bonds. The lowest BCUT2D eigenvalue weighted by Crippen LogP contribution is -2.16. The maximum absolute atomic E-state index is 13.5. The summed E-state index contributed by atoms with van der Waals surface area (Å²) in [5, 5.41) is 3.36. The van der Waals surface area contributed by atoms with Crippen LogP contribution in [-0.4, -0.2) is 15.3 Å². The Labute approximate surface area is 137 Å². The van der Waals surface area contributed by atoms with E-state index in [4.69, 9.17) is 11.6 Å². The molecule has 2 aromatic heterocycles. The maximum Gasteiger partial charge on any atom is 0.274 e. The number of benzene rings is 1. The quantitative estimate of drug-likeness (QED) is 0.780. The van der Waals surface area contributed by atoms with Gasteiger partial charge in [-0.2, -0.15) is 0 Å². The third-order valence-electron chi connectivity index (χ3n) is 3.63. The molecule has 0 bridgehead atoms. The van der Waals surface area contributed by atoms with Crippen molar-refractivity contribution in [2.45, 2.75) is 20.3 Å². The van der Waals surface area contributed by atoms with Crippen molar-refractivity contribution in [3.63, 3.8) is 0 Å². The van der Waals surface area contributed by atoms with E-state index in [-0.39, 0.29) is 5.91 Å². The van der Waals surface area contributed by atoms with Gasteiger partial charge in [-0.25, -0.2) is 9.37 Å². The number of aromatic nitrogens is 2. The maximum atomic E-state index is 13.5. The van der Waals surface area contributed by atoms with Gasteiger partial charge in [0.1, 0.15) is 17.2 Å². The third kappa shape index (κ3) is 2.92. The molecule has 0 unspecified atom stereocenters. The van der Waals surface area contributed by atoms with Crippen LogP contribution >= 0.6 is 11.6 Å². The molecule has 0 aliphatic heterocycles. The molecule has 3 aromatic rings. The van der Waals surface area contributed by atoms with Crippen molar-refractivity contribution in [3.8, 4) is 0 Å². The number of aryl methyl sites for hydroxylation is 2. The Morgan fingerprint density at radius 1 is 1.35 bits per heavy atom. The standard InChI is InChI=1S/C17H15ClFN3O/c1-3-14-16(22-9-11(19)5-7-15(22)21-14)17(23)20-12-6-4-10(2)13(18)8-12/h4-9H,3H2,1-2H3,(H,20,23). The van der Waals surface area contributed by atoms with Gasteiger partial charge in [0.15, 0.2) is 0 Å². The number of anilines is 1. The molecule has 0 radical (unpaired) electrons. The van der Waals surface area contributed by atoms with E-state index in [0.717, 1.165) is 5.56 Å². The third-order valence-corrected chi connectivity index (χ3v) is 4.04. The van der Waals surface area contributed by atoms with Gasteiger partial charge in [0.25, 0.3) is 5.91 Å². The molecule has 0 aliphatic carbocycles. The minimum absolute atomic E-state index is 0.332. The SMILES string of the molecule is CCc1nc2ccc(F)cn2c1C(=O)Nc1ccc(C)c(Cl)c1. The van der Waals surface area contributed by atoms with Gasteiger partial charge in [-0.3, -0.25) is 9.20 Å². The smallest absolute Gasteiger partial charge is 0.274 e. The Bertz CT molecular complexity index is 904. The second-order valence-corrected chi connectivity index (χ2v) is 5.66. The summed E-state index contributed by atoms with van der Waals surface area (Å²) in [6.45, 7) is 3.79. The van der Waals surface area contributed by atoms with Crippen LogP contribution in [0.15, 0.2) is 36.5 Å². The number of rotatable bonds is 3. The highest BCUT2D eigenvalue weighted by molar-refractivity contribution is 6.31. The van der Waals surface area contributed by atoms with Crippen LogP contribution in [0.5, 0.6) is 0 Å². The first-order valence-electron chi connectivity index (χ1n) is 7.23. The molecule has 0 aliphatic rings. The molecule has 0 saturated heterocycles. The highest BCUT2D eigenvalue weighted by Crippen LogP contribution is 2.22. The van der Waals surface area contributed by atoms with Gasteiger partial charge < -0.3 is 5.32 Å². The summed E-state index contributed by atoms with van der Waals surface area (Å²) in [5.74, 6) is -0.773. The molecular formula is C17H15ClFN3O. The van der Waals surface area contributed by atoms with Crippen molar-refractivity contribution in [2.24, 2.45) is 0 Å². The Kier molecular flexibility index (Phi) is 4.05. The van der Waals surface area contributed by atoms with Crippen LogP contribution < -0.4 is 5.32 Å². The van der Waals surface area contributed by atoms with E-state index in [9.17, 15) is 9.18 Å². The molecule has 0 atom stereocenters. The van der Waals surface area contributed by atoms with E-state index < -0.39 is 5.82 Å². The summed E-state index contributed by atoms with van der Waals surface area (Å²) in [5.41, 5.74) is 3.00. The first kappa shape index (κ1) is 15.5. The molecule has 2 heterocycles. The summed E-state index contributed by atoms with van der Waals surface area (Å²) >= 11 is 6.08. The van der Waals surface area contributed by atoms with E-state index in [0.29, 0.717) is 34.2 Å². The number of amides is 1. The fraction of sp³-hybridized carbons (Fsp3) is 0.176. The number of imidazole rings is 1. The average molecular weight is 332 g/mol. The number of halogens is 2. The highest BCUT2D eigenvalue weighted by atomic mass is 35.5. The minimum atomic E-state index is -0.426. The molecule has 1 aromatic carbocycles. The summed E-state index contributed by atoms with van der Waals surface area (Å²) in [4.78, 5) is 17.0. The molecule has 4 nitrogen and oxygen atoms in total. The van der Waals surface area contributed by atoms with Crippen LogP contribution in [0.1, 0.15) is 28.7 Å². The van der Waals surface area contributed by atoms with Crippen LogP contribution in [0, 0.1) is 12.7 Å². The van der Waals surface area contributed by atoms with Crippen molar-refractivity contribution >= 4 is 28.8 Å². The topological polar surface area (TPSA) is 46.4 Å². The Hall–Kier alpha value is -2.40. The Balaban J connectivity index is 2.02. The van der Waals surface area contributed by atoms with Crippen molar-refractivity contribution in [1.29, 1.82) is 0 Å². The van der Waals surface area contributed by atoms with Gasteiger partial charge in [0, 0.05) is 16.9 Å². The molecule has 118 valence electrons. The first-order chi connectivity index (χ1) is 11.0. The zero-order valence-corrected chi connectivity index (χ0v) is 13.5. The van der Waals surface area contributed by atoms with Gasteiger partial charge in [0.05, 0.1) is 5.69 Å². The number of nitrogens with one attached hydrogen (secondary N) is 1. The van der Waals surface area contributed by atoms with Crippen molar-refractivity contribution in [2.75, 3.05) is 5.32 Å². The number of carbonyl (C=O) groups excluding carboxylic acids is 1. The fourth-order valence-corrected chi connectivity index (χ4v) is 2.60. The van der Waals surface area contributed by atoms with E-state index in [1.54, 1.807) is 18.2 Å². The number of fused-ring (bicyclic) bond motifs is 1. The lowest BCUT2D eigenvalue weighted by atomic mass is 10.2. The number of carbonyl (C=O) groups is 1. The summed E-state index contributed by atoms with van der Waals surface area (Å²) < 4.78 is 15.0. The lowest BCUT2D eigenvalue weighted by molar-refractivity contribution is 0.102. The van der Waals surface area contributed by atoms with Crippen LogP contribution in [0.2, 0.25) is 5.02 Å². The number of hydrogen-bond donors (Lipinski definition) is 1. The Morgan fingerprint density at radius 2 is 2.13 bits per heavy atom. The van der Waals surface area contributed by atoms with Crippen molar-refractivity contribution in [3.05, 3.63) is 64.3 Å². The van der Waals surface area contributed by atoms with Crippen LogP contribution in [0.25, 0.3) is 5.65 Å². The van der Waals surface area contributed by atoms with Gasteiger partial charge in [-0.15, -0.1) is 0 Å². The van der Waals surface area contributed by atoms with E-state index in [1.165, 1.54) is 16.7 Å². The molecule has 0 saturated carbocycles. The zero-order valence-electron chi connectivity index (χ0n) is 12.7. The van der Waals surface area contributed by atoms with Gasteiger partial charge >= 0.3 is 0 Å². The lowest BCUT2D eigenvalue weighted by Gasteiger charge is -2.08. The van der Waals surface area contributed by atoms with E-state index >= 15 is 0 Å². The van der Waals surface area contributed by atoms with Crippen molar-refractivity contribution in [1.82, 2.24) is 9.38 Å². The molecule has 23 heavy (non-hydrogen) atoms. The molecule has 0 fully saturated rings. The van der Waals surface area contributed by atoms with Crippen LogP contribution in [0.3, 0.4) is 0 Å². The van der Waals surface area contributed by atoms with Crippen LogP contribution in [-0.2, 0) is 6.42 Å². The molecule has 1 N–H and O–H groups in total. The monoisotopic (exact) mass is 331 g/mol. The molecule has 3 rings (SSSR count). The summed E-state index contributed by atoms with van der Waals surface area (Å²) in [6, 6.07) is 8.16. The number of hydrogen-bond acceptors (Lipinski definition) is 2. The van der Waals surface area contributed by atoms with Gasteiger partial charge in [-0.1, -0.05) is 24.6 Å². The fourth-order valence-electron chi connectivity index (χ4n) is 2.42. The number of pyridine rings is 1. The average Bonchev–Trinajstić information content (AvgIpc) is 2.88. The predicted molar refractivity (Wildman–Crippen MR) is 88.7 cm³/mol.